The summed E-state index contributed by atoms with van der Waals surface area (Å²) in [6.45, 7) is 2.15. The van der Waals surface area contributed by atoms with Crippen LogP contribution in [0.3, 0.4) is 0 Å². The number of anilines is 1. The van der Waals surface area contributed by atoms with Crippen molar-refractivity contribution in [3.05, 3.63) is 48.0 Å². The quantitative estimate of drug-likeness (QED) is 0.787. The van der Waals surface area contributed by atoms with Gasteiger partial charge in [-0.1, -0.05) is 18.9 Å². The number of ether oxygens (including phenoxy) is 2. The van der Waals surface area contributed by atoms with Crippen LogP contribution in [0.15, 0.2) is 47.4 Å². The van der Waals surface area contributed by atoms with Gasteiger partial charge in [0.25, 0.3) is 0 Å². The van der Waals surface area contributed by atoms with E-state index < -0.39 is 10.0 Å². The largest absolute Gasteiger partial charge is 0.486 e. The Bertz CT molecular complexity index is 997. The Kier molecular flexibility index (Phi) is 6.24. The van der Waals surface area contributed by atoms with Crippen LogP contribution >= 0.6 is 0 Å². The molecule has 0 unspecified atom stereocenters. The van der Waals surface area contributed by atoms with E-state index >= 15 is 0 Å². The molecule has 0 saturated carbocycles. The zero-order chi connectivity index (χ0) is 21.0. The maximum absolute atomic E-state index is 12.8. The fourth-order valence-electron chi connectivity index (χ4n) is 3.73. The predicted molar refractivity (Wildman–Crippen MR) is 113 cm³/mol. The van der Waals surface area contributed by atoms with E-state index in [1.807, 2.05) is 12.1 Å². The van der Waals surface area contributed by atoms with E-state index in [2.05, 4.69) is 5.32 Å². The molecule has 0 bridgehead atoms. The SMILES string of the molecule is O=C(Cc1ccc2c(c1)OCCO2)Nc1ccc(S(=O)(=O)N2CCCCCC2)cc1. The second-order valence-electron chi connectivity index (χ2n) is 7.55. The zero-order valence-corrected chi connectivity index (χ0v) is 17.6. The number of hydrogen-bond acceptors (Lipinski definition) is 5. The number of benzene rings is 2. The molecule has 0 radical (unpaired) electrons. The first kappa shape index (κ1) is 20.7. The van der Waals surface area contributed by atoms with Gasteiger partial charge in [0.2, 0.25) is 15.9 Å². The van der Waals surface area contributed by atoms with Gasteiger partial charge in [0.05, 0.1) is 11.3 Å². The first-order chi connectivity index (χ1) is 14.5. The first-order valence-corrected chi connectivity index (χ1v) is 11.7. The lowest BCUT2D eigenvalue weighted by molar-refractivity contribution is -0.115. The molecule has 1 N–H and O–H groups in total. The average molecular weight is 431 g/mol. The van der Waals surface area contributed by atoms with Crippen molar-refractivity contribution in [2.45, 2.75) is 37.0 Å². The van der Waals surface area contributed by atoms with Crippen LogP contribution in [0, 0.1) is 0 Å². The van der Waals surface area contributed by atoms with Gasteiger partial charge >= 0.3 is 0 Å². The van der Waals surface area contributed by atoms with Crippen LogP contribution in [-0.2, 0) is 21.2 Å². The molecular formula is C22H26N2O5S. The van der Waals surface area contributed by atoms with Crippen LogP contribution in [0.25, 0.3) is 0 Å². The van der Waals surface area contributed by atoms with Crippen molar-refractivity contribution in [3.63, 3.8) is 0 Å². The molecule has 2 aromatic rings. The summed E-state index contributed by atoms with van der Waals surface area (Å²) < 4.78 is 38.3. The van der Waals surface area contributed by atoms with E-state index in [4.69, 9.17) is 9.47 Å². The molecule has 2 aliphatic rings. The maximum atomic E-state index is 12.8. The topological polar surface area (TPSA) is 84.9 Å². The van der Waals surface area contributed by atoms with E-state index in [9.17, 15) is 13.2 Å². The third kappa shape index (κ3) is 4.76. The van der Waals surface area contributed by atoms with Crippen LogP contribution in [0.1, 0.15) is 31.2 Å². The lowest BCUT2D eigenvalue weighted by Crippen LogP contribution is -2.31. The highest BCUT2D eigenvalue weighted by molar-refractivity contribution is 7.89. The first-order valence-electron chi connectivity index (χ1n) is 10.3. The van der Waals surface area contributed by atoms with Crippen molar-refractivity contribution < 1.29 is 22.7 Å². The van der Waals surface area contributed by atoms with Gasteiger partial charge < -0.3 is 14.8 Å². The molecule has 0 aliphatic carbocycles. The van der Waals surface area contributed by atoms with Gasteiger partial charge in [-0.3, -0.25) is 4.79 Å². The highest BCUT2D eigenvalue weighted by atomic mass is 32.2. The van der Waals surface area contributed by atoms with Gasteiger partial charge in [-0.05, 0) is 54.8 Å². The third-order valence-corrected chi connectivity index (χ3v) is 7.23. The Balaban J connectivity index is 1.39. The minimum absolute atomic E-state index is 0.185. The fourth-order valence-corrected chi connectivity index (χ4v) is 5.25. The van der Waals surface area contributed by atoms with Crippen molar-refractivity contribution in [2.75, 3.05) is 31.6 Å². The van der Waals surface area contributed by atoms with Crippen LogP contribution in [-0.4, -0.2) is 44.9 Å². The van der Waals surface area contributed by atoms with Gasteiger partial charge in [0, 0.05) is 18.8 Å². The minimum Gasteiger partial charge on any atom is -0.486 e. The molecule has 160 valence electrons. The summed E-state index contributed by atoms with van der Waals surface area (Å²) in [6.07, 6.45) is 4.12. The van der Waals surface area contributed by atoms with Crippen molar-refractivity contribution in [2.24, 2.45) is 0 Å². The maximum Gasteiger partial charge on any atom is 0.243 e. The van der Waals surface area contributed by atoms with Gasteiger partial charge in [-0.2, -0.15) is 4.31 Å². The lowest BCUT2D eigenvalue weighted by atomic mass is 10.1. The Hall–Kier alpha value is -2.58. The number of amides is 1. The van der Waals surface area contributed by atoms with Crippen LogP contribution in [0.2, 0.25) is 0 Å². The normalized spacial score (nSPS) is 17.2. The van der Waals surface area contributed by atoms with Gasteiger partial charge in [-0.15, -0.1) is 0 Å². The summed E-state index contributed by atoms with van der Waals surface area (Å²) in [5, 5.41) is 2.82. The number of carbonyl (C=O) groups is 1. The van der Waals surface area contributed by atoms with Crippen LogP contribution < -0.4 is 14.8 Å². The second-order valence-corrected chi connectivity index (χ2v) is 9.48. The van der Waals surface area contributed by atoms with Gasteiger partial charge in [0.15, 0.2) is 11.5 Å². The van der Waals surface area contributed by atoms with Crippen LogP contribution in [0.4, 0.5) is 5.69 Å². The number of hydrogen-bond donors (Lipinski definition) is 1. The van der Waals surface area contributed by atoms with E-state index in [-0.39, 0.29) is 17.2 Å². The molecule has 4 rings (SSSR count). The van der Waals surface area contributed by atoms with E-state index in [0.717, 1.165) is 31.2 Å². The van der Waals surface area contributed by atoms with Gasteiger partial charge in [0.1, 0.15) is 13.2 Å². The molecule has 30 heavy (non-hydrogen) atoms. The Morgan fingerprint density at radius 1 is 0.900 bits per heavy atom. The monoisotopic (exact) mass is 430 g/mol. The number of nitrogens with one attached hydrogen (secondary N) is 1. The summed E-state index contributed by atoms with van der Waals surface area (Å²) in [5.74, 6) is 1.15. The highest BCUT2D eigenvalue weighted by Gasteiger charge is 2.25. The standard InChI is InChI=1S/C22H26N2O5S/c25-22(16-17-5-10-20-21(15-17)29-14-13-28-20)23-18-6-8-19(9-7-18)30(26,27)24-11-3-1-2-4-12-24/h5-10,15H,1-4,11-14,16H2,(H,23,25). The fraction of sp³-hybridized carbons (Fsp3) is 0.409. The second kappa shape index (κ2) is 9.06. The van der Waals surface area contributed by atoms with Crippen molar-refractivity contribution in [1.82, 2.24) is 4.31 Å². The lowest BCUT2D eigenvalue weighted by Gasteiger charge is -2.20. The number of sulfonamides is 1. The summed E-state index contributed by atoms with van der Waals surface area (Å²) in [7, 11) is -3.49. The Morgan fingerprint density at radius 3 is 2.27 bits per heavy atom. The molecule has 2 heterocycles. The van der Waals surface area contributed by atoms with E-state index in [1.165, 1.54) is 0 Å². The molecule has 0 spiro atoms. The van der Waals surface area contributed by atoms with Crippen molar-refractivity contribution >= 4 is 21.6 Å². The molecule has 1 amide bonds. The van der Waals surface area contributed by atoms with E-state index in [1.54, 1.807) is 34.6 Å². The number of carbonyl (C=O) groups excluding carboxylic acids is 1. The summed E-state index contributed by atoms with van der Waals surface area (Å²) in [5.41, 5.74) is 1.38. The molecular weight excluding hydrogens is 404 g/mol. The number of rotatable bonds is 5. The molecule has 7 nitrogen and oxygen atoms in total. The molecule has 1 saturated heterocycles. The van der Waals surface area contributed by atoms with E-state index in [0.29, 0.717) is 43.5 Å². The average Bonchev–Trinajstić information content (AvgIpc) is 3.04. The van der Waals surface area contributed by atoms with Crippen molar-refractivity contribution in [1.29, 1.82) is 0 Å². The molecule has 2 aliphatic heterocycles. The zero-order valence-electron chi connectivity index (χ0n) is 16.8. The Labute approximate surface area is 177 Å². The Morgan fingerprint density at radius 2 is 1.57 bits per heavy atom. The summed E-state index contributed by atoms with van der Waals surface area (Å²) in [6, 6.07) is 11.8. The summed E-state index contributed by atoms with van der Waals surface area (Å²) >= 11 is 0. The predicted octanol–water partition coefficient (Wildman–Crippen LogP) is 3.20. The van der Waals surface area contributed by atoms with Gasteiger partial charge in [-0.25, -0.2) is 8.42 Å². The molecule has 1 fully saturated rings. The van der Waals surface area contributed by atoms with Crippen molar-refractivity contribution in [3.8, 4) is 11.5 Å². The number of fused-ring (bicyclic) bond motifs is 1. The number of nitrogens with zero attached hydrogens (tertiary/aromatic N) is 1. The smallest absolute Gasteiger partial charge is 0.243 e. The highest BCUT2D eigenvalue weighted by Crippen LogP contribution is 2.31. The third-order valence-electron chi connectivity index (χ3n) is 5.31. The molecule has 0 atom stereocenters. The molecule has 0 aromatic heterocycles. The van der Waals surface area contributed by atoms with Crippen LogP contribution in [0.5, 0.6) is 11.5 Å². The molecule has 2 aromatic carbocycles. The minimum atomic E-state index is -3.49. The summed E-state index contributed by atoms with van der Waals surface area (Å²) in [4.78, 5) is 12.7. The molecule has 8 heteroatoms.